The fourth-order valence-electron chi connectivity index (χ4n) is 3.76. The standard InChI is InChI=1S/C26H25N3O4S/c1-16-14-19(17(2)29(16)21-10-6-18(7-11-21)25(31)33-5)15-23-24(30)28(3)26(34-23)27-20-8-12-22(32-4)13-9-20/h6-15H,1-5H3. The van der Waals surface area contributed by atoms with Gasteiger partial charge in [0.15, 0.2) is 5.17 Å². The lowest BCUT2D eigenvalue weighted by molar-refractivity contribution is -0.121. The van der Waals surface area contributed by atoms with E-state index in [1.165, 1.54) is 18.9 Å². The van der Waals surface area contributed by atoms with Crippen molar-refractivity contribution in [2.24, 2.45) is 4.99 Å². The van der Waals surface area contributed by atoms with Gasteiger partial charge >= 0.3 is 5.97 Å². The van der Waals surface area contributed by atoms with Crippen molar-refractivity contribution in [1.82, 2.24) is 9.47 Å². The number of ether oxygens (including phenoxy) is 2. The number of rotatable bonds is 5. The van der Waals surface area contributed by atoms with E-state index in [0.717, 1.165) is 34.1 Å². The summed E-state index contributed by atoms with van der Waals surface area (Å²) in [5.41, 5.74) is 5.13. The molecule has 0 atom stereocenters. The number of amides is 1. The minimum atomic E-state index is -0.370. The van der Waals surface area contributed by atoms with Crippen molar-refractivity contribution in [3.63, 3.8) is 0 Å². The van der Waals surface area contributed by atoms with Gasteiger partial charge in [0.05, 0.1) is 30.4 Å². The third kappa shape index (κ3) is 4.49. The maximum absolute atomic E-state index is 12.9. The van der Waals surface area contributed by atoms with E-state index >= 15 is 0 Å². The first kappa shape index (κ1) is 23.4. The number of carbonyl (C=O) groups excluding carboxylic acids is 2. The molecule has 1 fully saturated rings. The zero-order valence-corrected chi connectivity index (χ0v) is 20.5. The molecule has 1 aliphatic heterocycles. The Morgan fingerprint density at radius 1 is 1.03 bits per heavy atom. The summed E-state index contributed by atoms with van der Waals surface area (Å²) in [6.45, 7) is 4.02. The van der Waals surface area contributed by atoms with Crippen LogP contribution >= 0.6 is 11.8 Å². The minimum absolute atomic E-state index is 0.0931. The average Bonchev–Trinajstić information content (AvgIpc) is 3.28. The summed E-state index contributed by atoms with van der Waals surface area (Å²) in [5.74, 6) is 0.291. The summed E-state index contributed by atoms with van der Waals surface area (Å²) < 4.78 is 12.1. The van der Waals surface area contributed by atoms with Crippen molar-refractivity contribution in [3.8, 4) is 11.4 Å². The van der Waals surface area contributed by atoms with Crippen LogP contribution < -0.4 is 4.74 Å². The molecule has 2 heterocycles. The van der Waals surface area contributed by atoms with Crippen LogP contribution in [0.3, 0.4) is 0 Å². The van der Waals surface area contributed by atoms with Crippen molar-refractivity contribution in [2.75, 3.05) is 21.3 Å². The second-order valence-electron chi connectivity index (χ2n) is 7.77. The number of carbonyl (C=O) groups is 2. The van der Waals surface area contributed by atoms with Gasteiger partial charge in [0, 0.05) is 24.1 Å². The van der Waals surface area contributed by atoms with Crippen molar-refractivity contribution in [1.29, 1.82) is 0 Å². The fourth-order valence-corrected chi connectivity index (χ4v) is 4.73. The zero-order valence-electron chi connectivity index (χ0n) is 19.7. The van der Waals surface area contributed by atoms with Crippen LogP contribution in [0.5, 0.6) is 5.75 Å². The summed E-state index contributed by atoms with van der Waals surface area (Å²) >= 11 is 1.35. The number of hydrogen-bond acceptors (Lipinski definition) is 6. The molecule has 0 saturated carbocycles. The highest BCUT2D eigenvalue weighted by Crippen LogP contribution is 2.34. The van der Waals surface area contributed by atoms with Crippen LogP contribution in [0.1, 0.15) is 27.3 Å². The maximum Gasteiger partial charge on any atom is 0.337 e. The molecular formula is C26H25N3O4S. The van der Waals surface area contributed by atoms with E-state index in [-0.39, 0.29) is 11.9 Å². The first-order chi connectivity index (χ1) is 16.3. The van der Waals surface area contributed by atoms with Gasteiger partial charge < -0.3 is 14.0 Å². The molecule has 3 aromatic rings. The topological polar surface area (TPSA) is 73.1 Å². The van der Waals surface area contributed by atoms with E-state index in [4.69, 9.17) is 9.47 Å². The molecule has 0 radical (unpaired) electrons. The molecule has 174 valence electrons. The van der Waals surface area contributed by atoms with E-state index in [0.29, 0.717) is 15.6 Å². The monoisotopic (exact) mass is 475 g/mol. The molecule has 7 nitrogen and oxygen atoms in total. The number of esters is 1. The number of hydrogen-bond donors (Lipinski definition) is 0. The summed E-state index contributed by atoms with van der Waals surface area (Å²) in [7, 11) is 4.71. The lowest BCUT2D eigenvalue weighted by Crippen LogP contribution is -2.23. The van der Waals surface area contributed by atoms with Crippen LogP contribution in [0.2, 0.25) is 0 Å². The van der Waals surface area contributed by atoms with Crippen LogP contribution in [0.25, 0.3) is 11.8 Å². The number of methoxy groups -OCH3 is 2. The predicted molar refractivity (Wildman–Crippen MR) is 135 cm³/mol. The maximum atomic E-state index is 12.9. The number of aryl methyl sites for hydroxylation is 1. The predicted octanol–water partition coefficient (Wildman–Crippen LogP) is 5.12. The first-order valence-corrected chi connectivity index (χ1v) is 11.4. The molecular weight excluding hydrogens is 450 g/mol. The molecule has 0 aliphatic carbocycles. The Kier molecular flexibility index (Phi) is 6.61. The zero-order chi connectivity index (χ0) is 24.4. The third-order valence-corrected chi connectivity index (χ3v) is 6.66. The van der Waals surface area contributed by atoms with Crippen LogP contribution in [0.4, 0.5) is 5.69 Å². The van der Waals surface area contributed by atoms with Crippen molar-refractivity contribution >= 4 is 40.6 Å². The molecule has 0 N–H and O–H groups in total. The fraction of sp³-hybridized carbons (Fsp3) is 0.192. The molecule has 1 aliphatic rings. The Morgan fingerprint density at radius 2 is 1.71 bits per heavy atom. The number of nitrogens with zero attached hydrogens (tertiary/aromatic N) is 3. The second-order valence-corrected chi connectivity index (χ2v) is 8.78. The minimum Gasteiger partial charge on any atom is -0.497 e. The summed E-state index contributed by atoms with van der Waals surface area (Å²) in [6, 6.07) is 16.7. The van der Waals surface area contributed by atoms with Crippen LogP contribution in [0.15, 0.2) is 64.5 Å². The Balaban J connectivity index is 1.62. The van der Waals surface area contributed by atoms with Gasteiger partial charge in [-0.05, 0) is 91.8 Å². The Labute approximate surface area is 202 Å². The number of amidine groups is 1. The molecule has 4 rings (SSSR count). The summed E-state index contributed by atoms with van der Waals surface area (Å²) in [6.07, 6.45) is 1.90. The molecule has 1 aromatic heterocycles. The molecule has 34 heavy (non-hydrogen) atoms. The molecule has 8 heteroatoms. The summed E-state index contributed by atoms with van der Waals surface area (Å²) in [4.78, 5) is 31.4. The quantitative estimate of drug-likeness (QED) is 0.378. The van der Waals surface area contributed by atoms with Crippen LogP contribution in [0, 0.1) is 13.8 Å². The number of aromatic nitrogens is 1. The van der Waals surface area contributed by atoms with Gasteiger partial charge in [0.1, 0.15) is 5.75 Å². The van der Waals surface area contributed by atoms with E-state index in [9.17, 15) is 9.59 Å². The average molecular weight is 476 g/mol. The van der Waals surface area contributed by atoms with E-state index in [1.54, 1.807) is 31.2 Å². The number of thioether (sulfide) groups is 1. The molecule has 2 aromatic carbocycles. The number of benzene rings is 2. The van der Waals surface area contributed by atoms with Crippen molar-refractivity contribution < 1.29 is 19.1 Å². The molecule has 0 spiro atoms. The molecule has 0 bridgehead atoms. The third-order valence-electron chi connectivity index (χ3n) is 5.60. The van der Waals surface area contributed by atoms with Gasteiger partial charge in [-0.1, -0.05) is 0 Å². The smallest absolute Gasteiger partial charge is 0.337 e. The van der Waals surface area contributed by atoms with E-state index < -0.39 is 0 Å². The van der Waals surface area contributed by atoms with Gasteiger partial charge in [-0.15, -0.1) is 0 Å². The van der Waals surface area contributed by atoms with Crippen molar-refractivity contribution in [3.05, 3.63) is 82.0 Å². The van der Waals surface area contributed by atoms with Gasteiger partial charge in [-0.25, -0.2) is 9.79 Å². The summed E-state index contributed by atoms with van der Waals surface area (Å²) in [5, 5.41) is 0.619. The Morgan fingerprint density at radius 3 is 2.32 bits per heavy atom. The van der Waals surface area contributed by atoms with Gasteiger partial charge in [0.2, 0.25) is 0 Å². The van der Waals surface area contributed by atoms with Gasteiger partial charge in [-0.3, -0.25) is 9.69 Å². The lowest BCUT2D eigenvalue weighted by atomic mass is 10.2. The lowest BCUT2D eigenvalue weighted by Gasteiger charge is -2.10. The molecule has 1 amide bonds. The van der Waals surface area contributed by atoms with Gasteiger partial charge in [-0.2, -0.15) is 0 Å². The highest BCUT2D eigenvalue weighted by molar-refractivity contribution is 8.18. The van der Waals surface area contributed by atoms with Gasteiger partial charge in [0.25, 0.3) is 5.91 Å². The van der Waals surface area contributed by atoms with Crippen molar-refractivity contribution in [2.45, 2.75) is 13.8 Å². The SMILES string of the molecule is COC(=O)c1ccc(-n2c(C)cc(C=C3SC(=Nc4ccc(OC)cc4)N(C)C3=O)c2C)cc1. The normalized spacial score (nSPS) is 15.9. The number of aliphatic imine (C=N–C) groups is 1. The Hall–Kier alpha value is -3.78. The van der Waals surface area contributed by atoms with Crippen LogP contribution in [-0.2, 0) is 9.53 Å². The van der Waals surface area contributed by atoms with E-state index in [2.05, 4.69) is 9.56 Å². The van der Waals surface area contributed by atoms with Crippen LogP contribution in [-0.4, -0.2) is 47.8 Å². The number of likely N-dealkylation sites (N-methyl/N-ethyl adjacent to an activating group) is 1. The Bertz CT molecular complexity index is 1310. The molecule has 1 saturated heterocycles. The largest absolute Gasteiger partial charge is 0.497 e. The highest BCUT2D eigenvalue weighted by atomic mass is 32.2. The highest BCUT2D eigenvalue weighted by Gasteiger charge is 2.30. The van der Waals surface area contributed by atoms with E-state index in [1.807, 2.05) is 62.4 Å². The second kappa shape index (κ2) is 9.61. The molecule has 0 unspecified atom stereocenters. The first-order valence-electron chi connectivity index (χ1n) is 10.6.